The molecule has 156 valence electrons. The summed E-state index contributed by atoms with van der Waals surface area (Å²) in [6, 6.07) is 9.89. The maximum atomic E-state index is 12.5. The third-order valence-corrected chi connectivity index (χ3v) is 5.26. The van der Waals surface area contributed by atoms with Crippen molar-refractivity contribution in [2.45, 2.75) is 52.2 Å². The number of piperazine rings is 1. The molecule has 0 saturated carbocycles. The van der Waals surface area contributed by atoms with E-state index in [1.165, 1.54) is 12.7 Å². The van der Waals surface area contributed by atoms with Crippen LogP contribution in [0.5, 0.6) is 0 Å². The lowest BCUT2D eigenvalue weighted by Gasteiger charge is -2.47. The van der Waals surface area contributed by atoms with Crippen LogP contribution in [0.25, 0.3) is 0 Å². The Balaban J connectivity index is 1.90. The van der Waals surface area contributed by atoms with Gasteiger partial charge in [-0.25, -0.2) is 4.79 Å². The van der Waals surface area contributed by atoms with Crippen LogP contribution in [0.3, 0.4) is 0 Å². The van der Waals surface area contributed by atoms with Crippen molar-refractivity contribution >= 4 is 11.9 Å². The van der Waals surface area contributed by atoms with Gasteiger partial charge in [-0.1, -0.05) is 44.2 Å². The second kappa shape index (κ2) is 10.0. The Bertz CT molecular complexity index is 646. The van der Waals surface area contributed by atoms with Crippen molar-refractivity contribution in [1.29, 1.82) is 0 Å². The molecule has 1 heterocycles. The number of amides is 1. The van der Waals surface area contributed by atoms with Crippen LogP contribution < -0.4 is 5.32 Å². The minimum atomic E-state index is -0.579. The molecule has 1 atom stereocenters. The molecule has 0 aliphatic carbocycles. The van der Waals surface area contributed by atoms with E-state index in [1.807, 2.05) is 19.9 Å². The number of carbonyl (C=O) groups is 2. The smallest absolute Gasteiger partial charge is 0.328 e. The Morgan fingerprint density at radius 1 is 1.18 bits per heavy atom. The molecule has 6 nitrogen and oxygen atoms in total. The normalized spacial score (nSPS) is 18.6. The molecule has 1 N–H and O–H groups in total. The molecule has 1 amide bonds. The first kappa shape index (κ1) is 22.4. The topological polar surface area (TPSA) is 61.9 Å². The van der Waals surface area contributed by atoms with E-state index in [-0.39, 0.29) is 17.4 Å². The molecule has 0 aromatic heterocycles. The Hall–Kier alpha value is -1.92. The minimum Gasteiger partial charge on any atom is -0.467 e. The van der Waals surface area contributed by atoms with E-state index >= 15 is 0 Å². The van der Waals surface area contributed by atoms with E-state index in [1.54, 1.807) is 0 Å². The predicted molar refractivity (Wildman–Crippen MR) is 111 cm³/mol. The lowest BCUT2D eigenvalue weighted by Crippen LogP contribution is -2.60. The Morgan fingerprint density at radius 2 is 1.86 bits per heavy atom. The van der Waals surface area contributed by atoms with Crippen LogP contribution in [-0.2, 0) is 20.9 Å². The molecule has 2 rings (SSSR count). The van der Waals surface area contributed by atoms with Gasteiger partial charge in [0.15, 0.2) is 0 Å². The summed E-state index contributed by atoms with van der Waals surface area (Å²) in [4.78, 5) is 29.1. The Labute approximate surface area is 169 Å². The first-order chi connectivity index (χ1) is 13.2. The van der Waals surface area contributed by atoms with Crippen molar-refractivity contribution in [3.05, 3.63) is 35.9 Å². The molecular weight excluding hydrogens is 354 g/mol. The second-order valence-electron chi connectivity index (χ2n) is 8.70. The summed E-state index contributed by atoms with van der Waals surface area (Å²) in [6.45, 7) is 12.2. The standard InChI is InChI=1S/C22H35N3O3/c1-17(2)13-19(21(27)28-5)23-20(26)15-24-11-12-25(22(3,4)16-24)14-18-9-7-6-8-10-18/h6-10,17,19H,11-16H2,1-5H3,(H,23,26). The average molecular weight is 390 g/mol. The second-order valence-corrected chi connectivity index (χ2v) is 8.70. The van der Waals surface area contributed by atoms with Crippen molar-refractivity contribution in [3.63, 3.8) is 0 Å². The number of ether oxygens (including phenoxy) is 1. The summed E-state index contributed by atoms with van der Waals surface area (Å²) in [5, 5.41) is 2.86. The van der Waals surface area contributed by atoms with Gasteiger partial charge >= 0.3 is 5.97 Å². The first-order valence-electron chi connectivity index (χ1n) is 10.1. The minimum absolute atomic E-state index is 0.0337. The van der Waals surface area contributed by atoms with Gasteiger partial charge in [-0.2, -0.15) is 0 Å². The highest BCUT2D eigenvalue weighted by atomic mass is 16.5. The number of methoxy groups -OCH3 is 1. The van der Waals surface area contributed by atoms with Gasteiger partial charge in [-0.15, -0.1) is 0 Å². The van der Waals surface area contributed by atoms with Crippen molar-refractivity contribution in [2.24, 2.45) is 5.92 Å². The molecule has 0 spiro atoms. The molecule has 1 fully saturated rings. The monoisotopic (exact) mass is 389 g/mol. The summed E-state index contributed by atoms with van der Waals surface area (Å²) in [5.74, 6) is -0.205. The lowest BCUT2D eigenvalue weighted by molar-refractivity contribution is -0.145. The van der Waals surface area contributed by atoms with Crippen LogP contribution in [-0.4, -0.2) is 66.5 Å². The fraction of sp³-hybridized carbons (Fsp3) is 0.636. The van der Waals surface area contributed by atoms with Crippen molar-refractivity contribution in [1.82, 2.24) is 15.1 Å². The van der Waals surface area contributed by atoms with Crippen molar-refractivity contribution < 1.29 is 14.3 Å². The van der Waals surface area contributed by atoms with E-state index in [0.29, 0.717) is 18.9 Å². The summed E-state index contributed by atoms with van der Waals surface area (Å²) in [6.07, 6.45) is 0.578. The molecule has 0 radical (unpaired) electrons. The van der Waals surface area contributed by atoms with Gasteiger partial charge in [-0.3, -0.25) is 14.6 Å². The third kappa shape index (κ3) is 6.60. The van der Waals surface area contributed by atoms with Crippen molar-refractivity contribution in [3.8, 4) is 0 Å². The molecule has 6 heteroatoms. The molecular formula is C22H35N3O3. The predicted octanol–water partition coefficient (Wildman–Crippen LogP) is 2.29. The maximum Gasteiger partial charge on any atom is 0.328 e. The van der Waals surface area contributed by atoms with Gasteiger partial charge in [-0.05, 0) is 31.7 Å². The quantitative estimate of drug-likeness (QED) is 0.691. The van der Waals surface area contributed by atoms with Crippen LogP contribution >= 0.6 is 0 Å². The number of hydrogen-bond acceptors (Lipinski definition) is 5. The Morgan fingerprint density at radius 3 is 2.43 bits per heavy atom. The van der Waals surface area contributed by atoms with E-state index in [2.05, 4.69) is 53.2 Å². The molecule has 0 bridgehead atoms. The number of nitrogens with one attached hydrogen (secondary N) is 1. The van der Waals surface area contributed by atoms with Crippen LogP contribution in [0, 0.1) is 5.92 Å². The van der Waals surface area contributed by atoms with E-state index < -0.39 is 6.04 Å². The number of benzene rings is 1. The van der Waals surface area contributed by atoms with Crippen LogP contribution in [0.15, 0.2) is 30.3 Å². The van der Waals surface area contributed by atoms with Crippen LogP contribution in [0.1, 0.15) is 39.7 Å². The molecule has 28 heavy (non-hydrogen) atoms. The summed E-state index contributed by atoms with van der Waals surface area (Å²) in [7, 11) is 1.36. The van der Waals surface area contributed by atoms with Crippen LogP contribution in [0.4, 0.5) is 0 Å². The number of rotatable bonds is 8. The highest BCUT2D eigenvalue weighted by Gasteiger charge is 2.34. The zero-order valence-electron chi connectivity index (χ0n) is 17.9. The molecule has 1 unspecified atom stereocenters. The fourth-order valence-electron chi connectivity index (χ4n) is 3.79. The van der Waals surface area contributed by atoms with Gasteiger partial charge in [0.25, 0.3) is 0 Å². The highest BCUT2D eigenvalue weighted by molar-refractivity contribution is 5.85. The molecule has 1 aliphatic rings. The summed E-state index contributed by atoms with van der Waals surface area (Å²) < 4.78 is 4.83. The van der Waals surface area contributed by atoms with E-state index in [4.69, 9.17) is 4.74 Å². The zero-order valence-corrected chi connectivity index (χ0v) is 17.9. The first-order valence-corrected chi connectivity index (χ1v) is 10.1. The number of hydrogen-bond donors (Lipinski definition) is 1. The number of carbonyl (C=O) groups excluding carboxylic acids is 2. The molecule has 1 aromatic rings. The zero-order chi connectivity index (χ0) is 20.7. The van der Waals surface area contributed by atoms with Gasteiger partial charge in [0.2, 0.25) is 5.91 Å². The molecule has 1 saturated heterocycles. The molecule has 1 aliphatic heterocycles. The average Bonchev–Trinajstić information content (AvgIpc) is 2.63. The number of nitrogens with zero attached hydrogens (tertiary/aromatic N) is 2. The molecule has 1 aromatic carbocycles. The third-order valence-electron chi connectivity index (χ3n) is 5.26. The van der Waals surface area contributed by atoms with Crippen LogP contribution in [0.2, 0.25) is 0 Å². The highest BCUT2D eigenvalue weighted by Crippen LogP contribution is 2.23. The van der Waals surface area contributed by atoms with Gasteiger partial charge < -0.3 is 10.1 Å². The van der Waals surface area contributed by atoms with Gasteiger partial charge in [0, 0.05) is 31.7 Å². The summed E-state index contributed by atoms with van der Waals surface area (Å²) in [5.41, 5.74) is 1.27. The lowest BCUT2D eigenvalue weighted by atomic mass is 9.97. The van der Waals surface area contributed by atoms with Gasteiger partial charge in [0.05, 0.1) is 13.7 Å². The van der Waals surface area contributed by atoms with Gasteiger partial charge in [0.1, 0.15) is 6.04 Å². The van der Waals surface area contributed by atoms with E-state index in [9.17, 15) is 9.59 Å². The maximum absolute atomic E-state index is 12.5. The van der Waals surface area contributed by atoms with Crippen molar-refractivity contribution in [2.75, 3.05) is 33.3 Å². The number of esters is 1. The summed E-state index contributed by atoms with van der Waals surface area (Å²) >= 11 is 0. The SMILES string of the molecule is COC(=O)C(CC(C)C)NC(=O)CN1CCN(Cc2ccccc2)C(C)(C)C1. The van der Waals surface area contributed by atoms with E-state index in [0.717, 1.165) is 26.2 Å². The fourth-order valence-corrected chi connectivity index (χ4v) is 3.79. The largest absolute Gasteiger partial charge is 0.467 e. The Kier molecular flexibility index (Phi) is 8.01.